The number of aliphatic imine (C=N–C) groups is 1. The zero-order valence-electron chi connectivity index (χ0n) is 15.3. The van der Waals surface area contributed by atoms with Crippen molar-refractivity contribution in [2.24, 2.45) is 10.4 Å². The predicted octanol–water partition coefficient (Wildman–Crippen LogP) is 4.10. The van der Waals surface area contributed by atoms with Gasteiger partial charge in [-0.3, -0.25) is 0 Å². The zero-order chi connectivity index (χ0) is 17.3. The minimum atomic E-state index is -0.214. The summed E-state index contributed by atoms with van der Waals surface area (Å²) in [5, 5.41) is 6.80. The highest BCUT2D eigenvalue weighted by atomic mass is 127. The van der Waals surface area contributed by atoms with Crippen molar-refractivity contribution in [3.05, 3.63) is 35.6 Å². The molecular formula is C19H31FIN3O. The molecule has 1 fully saturated rings. The van der Waals surface area contributed by atoms with Gasteiger partial charge in [-0.1, -0.05) is 25.0 Å². The molecule has 0 heterocycles. The van der Waals surface area contributed by atoms with Crippen LogP contribution in [-0.4, -0.2) is 32.8 Å². The predicted molar refractivity (Wildman–Crippen MR) is 112 cm³/mol. The number of nitrogens with zero attached hydrogens (tertiary/aromatic N) is 1. The number of methoxy groups -OCH3 is 1. The second-order valence-electron chi connectivity index (χ2n) is 6.63. The Hall–Kier alpha value is -0.890. The lowest BCUT2D eigenvalue weighted by Gasteiger charge is -2.30. The molecule has 6 heteroatoms. The summed E-state index contributed by atoms with van der Waals surface area (Å²) in [7, 11) is 1.77. The van der Waals surface area contributed by atoms with Crippen molar-refractivity contribution in [1.82, 2.24) is 10.6 Å². The third-order valence-electron chi connectivity index (χ3n) is 4.81. The Morgan fingerprint density at radius 3 is 2.48 bits per heavy atom. The molecular weight excluding hydrogens is 432 g/mol. The smallest absolute Gasteiger partial charge is 0.191 e. The Labute approximate surface area is 168 Å². The number of halogens is 2. The lowest BCUT2D eigenvalue weighted by atomic mass is 9.83. The van der Waals surface area contributed by atoms with Crippen LogP contribution < -0.4 is 10.6 Å². The molecule has 2 N–H and O–H groups in total. The number of guanidine groups is 1. The fraction of sp³-hybridized carbons (Fsp3) is 0.632. The number of rotatable bonds is 8. The van der Waals surface area contributed by atoms with Gasteiger partial charge >= 0.3 is 0 Å². The van der Waals surface area contributed by atoms with Crippen LogP contribution in [-0.2, 0) is 11.3 Å². The van der Waals surface area contributed by atoms with Crippen molar-refractivity contribution in [1.29, 1.82) is 0 Å². The van der Waals surface area contributed by atoms with Gasteiger partial charge in [-0.05, 0) is 49.3 Å². The molecule has 0 radical (unpaired) electrons. The normalized spacial score (nSPS) is 16.4. The van der Waals surface area contributed by atoms with Crippen LogP contribution in [0.5, 0.6) is 0 Å². The van der Waals surface area contributed by atoms with Gasteiger partial charge in [-0.25, -0.2) is 9.38 Å². The van der Waals surface area contributed by atoms with Crippen molar-refractivity contribution in [3.63, 3.8) is 0 Å². The van der Waals surface area contributed by atoms with E-state index in [4.69, 9.17) is 4.74 Å². The van der Waals surface area contributed by atoms with Crippen LogP contribution in [0.3, 0.4) is 0 Å². The van der Waals surface area contributed by atoms with Crippen LogP contribution in [0, 0.1) is 11.2 Å². The molecule has 2 rings (SSSR count). The Morgan fingerprint density at radius 2 is 1.88 bits per heavy atom. The molecule has 1 saturated carbocycles. The molecule has 0 saturated heterocycles. The third-order valence-corrected chi connectivity index (χ3v) is 4.81. The number of nitrogens with one attached hydrogen (secondary N) is 2. The summed E-state index contributed by atoms with van der Waals surface area (Å²) >= 11 is 0. The van der Waals surface area contributed by atoms with Crippen LogP contribution in [0.4, 0.5) is 4.39 Å². The number of ether oxygens (including phenoxy) is 1. The fourth-order valence-electron chi connectivity index (χ4n) is 3.33. The molecule has 0 unspecified atom stereocenters. The van der Waals surface area contributed by atoms with E-state index in [0.717, 1.165) is 37.6 Å². The van der Waals surface area contributed by atoms with Crippen LogP contribution >= 0.6 is 24.0 Å². The molecule has 0 amide bonds. The second kappa shape index (κ2) is 11.7. The number of hydrogen-bond acceptors (Lipinski definition) is 2. The maximum absolute atomic E-state index is 13.0. The molecule has 1 aromatic carbocycles. The lowest BCUT2D eigenvalue weighted by molar-refractivity contribution is 0.138. The van der Waals surface area contributed by atoms with Crippen LogP contribution in [0.1, 0.15) is 44.6 Å². The van der Waals surface area contributed by atoms with Gasteiger partial charge in [0.25, 0.3) is 0 Å². The van der Waals surface area contributed by atoms with Gasteiger partial charge < -0.3 is 15.4 Å². The Balaban J connectivity index is 0.00000312. The van der Waals surface area contributed by atoms with Crippen molar-refractivity contribution in [2.75, 3.05) is 26.8 Å². The molecule has 0 bridgehead atoms. The third kappa shape index (κ3) is 7.48. The van der Waals surface area contributed by atoms with Crippen molar-refractivity contribution in [2.45, 2.75) is 45.6 Å². The summed E-state index contributed by atoms with van der Waals surface area (Å²) in [6.45, 7) is 5.16. The summed E-state index contributed by atoms with van der Waals surface area (Å²) in [5.74, 6) is 0.611. The molecule has 142 valence electrons. The first kappa shape index (κ1) is 22.2. The van der Waals surface area contributed by atoms with E-state index in [-0.39, 0.29) is 29.8 Å². The number of benzene rings is 1. The average Bonchev–Trinajstić information content (AvgIpc) is 3.06. The topological polar surface area (TPSA) is 45.7 Å². The highest BCUT2D eigenvalue weighted by Crippen LogP contribution is 2.40. The van der Waals surface area contributed by atoms with Gasteiger partial charge in [0.15, 0.2) is 5.96 Å². The summed E-state index contributed by atoms with van der Waals surface area (Å²) < 4.78 is 18.3. The van der Waals surface area contributed by atoms with Gasteiger partial charge in [-0.2, -0.15) is 0 Å². The van der Waals surface area contributed by atoms with E-state index < -0.39 is 0 Å². The Kier molecular flexibility index (Phi) is 10.3. The summed E-state index contributed by atoms with van der Waals surface area (Å²) in [4.78, 5) is 4.63. The molecule has 1 aliphatic rings. The Morgan fingerprint density at radius 1 is 1.20 bits per heavy atom. The van der Waals surface area contributed by atoms with Gasteiger partial charge in [-0.15, -0.1) is 24.0 Å². The van der Waals surface area contributed by atoms with E-state index in [0.29, 0.717) is 12.0 Å². The fourth-order valence-corrected chi connectivity index (χ4v) is 3.33. The van der Waals surface area contributed by atoms with Crippen LogP contribution in [0.2, 0.25) is 0 Å². The molecule has 0 atom stereocenters. The summed E-state index contributed by atoms with van der Waals surface area (Å²) in [6, 6.07) is 6.51. The molecule has 1 aliphatic carbocycles. The highest BCUT2D eigenvalue weighted by Gasteiger charge is 2.33. The van der Waals surface area contributed by atoms with Crippen molar-refractivity contribution < 1.29 is 9.13 Å². The molecule has 0 aromatic heterocycles. The molecule has 25 heavy (non-hydrogen) atoms. The van der Waals surface area contributed by atoms with E-state index in [1.165, 1.54) is 37.8 Å². The van der Waals surface area contributed by atoms with Crippen LogP contribution in [0.25, 0.3) is 0 Å². The van der Waals surface area contributed by atoms with Crippen molar-refractivity contribution >= 4 is 29.9 Å². The average molecular weight is 463 g/mol. The first-order chi connectivity index (χ1) is 11.7. The number of hydrogen-bond donors (Lipinski definition) is 2. The van der Waals surface area contributed by atoms with E-state index >= 15 is 0 Å². The maximum atomic E-state index is 13.0. The standard InChI is InChI=1S/C19H30FN3O.HI/c1-3-21-18(22-14-16-6-8-17(20)9-7-16)23-15-19(12-13-24-2)10-4-5-11-19;/h6-9H,3-5,10-15H2,1-2H3,(H2,21,22,23);1H. The minimum Gasteiger partial charge on any atom is -0.385 e. The minimum absolute atomic E-state index is 0. The monoisotopic (exact) mass is 463 g/mol. The molecule has 0 aliphatic heterocycles. The SMILES string of the molecule is CCNC(=NCc1ccc(F)cc1)NCC1(CCOC)CCCC1.I. The summed E-state index contributed by atoms with van der Waals surface area (Å²) in [5.41, 5.74) is 1.32. The Bertz CT molecular complexity index is 516. The highest BCUT2D eigenvalue weighted by molar-refractivity contribution is 14.0. The van der Waals surface area contributed by atoms with E-state index in [1.54, 1.807) is 19.2 Å². The first-order valence-corrected chi connectivity index (χ1v) is 8.93. The molecule has 0 spiro atoms. The molecule has 1 aromatic rings. The summed E-state index contributed by atoms with van der Waals surface area (Å²) in [6.07, 6.45) is 6.19. The van der Waals surface area contributed by atoms with Gasteiger partial charge in [0, 0.05) is 26.8 Å². The maximum Gasteiger partial charge on any atom is 0.191 e. The first-order valence-electron chi connectivity index (χ1n) is 8.93. The van der Waals surface area contributed by atoms with Gasteiger partial charge in [0.05, 0.1) is 6.54 Å². The van der Waals surface area contributed by atoms with Gasteiger partial charge in [0.1, 0.15) is 5.82 Å². The van der Waals surface area contributed by atoms with E-state index in [2.05, 4.69) is 22.5 Å². The van der Waals surface area contributed by atoms with E-state index in [1.807, 2.05) is 0 Å². The quantitative estimate of drug-likeness (QED) is 0.347. The van der Waals surface area contributed by atoms with Crippen molar-refractivity contribution in [3.8, 4) is 0 Å². The lowest BCUT2D eigenvalue weighted by Crippen LogP contribution is -2.43. The van der Waals surface area contributed by atoms with Gasteiger partial charge in [0.2, 0.25) is 0 Å². The molecule has 4 nitrogen and oxygen atoms in total. The van der Waals surface area contributed by atoms with E-state index in [9.17, 15) is 4.39 Å². The second-order valence-corrected chi connectivity index (χ2v) is 6.63. The largest absolute Gasteiger partial charge is 0.385 e. The zero-order valence-corrected chi connectivity index (χ0v) is 17.6. The van der Waals surface area contributed by atoms with Crippen LogP contribution in [0.15, 0.2) is 29.3 Å².